The first-order valence-electron chi connectivity index (χ1n) is 3.35. The van der Waals surface area contributed by atoms with Crippen molar-refractivity contribution in [1.29, 1.82) is 0 Å². The molecule has 0 saturated heterocycles. The second-order valence-corrected chi connectivity index (χ2v) is 2.31. The molecule has 0 aromatic rings. The Morgan fingerprint density at radius 3 is 1.75 bits per heavy atom. The molecule has 0 aliphatic heterocycles. The summed E-state index contributed by atoms with van der Waals surface area (Å²) in [6.45, 7) is 6.19. The van der Waals surface area contributed by atoms with Crippen molar-refractivity contribution in [2.75, 3.05) is 6.54 Å². The van der Waals surface area contributed by atoms with Crippen LogP contribution in [0.5, 0.6) is 0 Å². The van der Waals surface area contributed by atoms with Gasteiger partial charge in [-0.05, 0) is 12.2 Å². The molecule has 0 bridgehead atoms. The van der Waals surface area contributed by atoms with Crippen molar-refractivity contribution in [1.82, 2.24) is 0 Å². The first-order valence-corrected chi connectivity index (χ1v) is 3.35. The average Bonchev–Trinajstić information content (AvgIpc) is 2.13. The van der Waals surface area contributed by atoms with Crippen molar-refractivity contribution >= 4 is 11.6 Å². The van der Waals surface area contributed by atoms with E-state index in [1.165, 1.54) is 0 Å². The summed E-state index contributed by atoms with van der Waals surface area (Å²) in [6.07, 6.45) is 1.96. The summed E-state index contributed by atoms with van der Waals surface area (Å²) in [5.41, 5.74) is 8.96. The van der Waals surface area contributed by atoms with Crippen molar-refractivity contribution in [3.63, 3.8) is 0 Å². The van der Waals surface area contributed by atoms with Crippen LogP contribution in [0, 0.1) is 0 Å². The van der Waals surface area contributed by atoms with E-state index in [0.717, 1.165) is 12.2 Å². The summed E-state index contributed by atoms with van der Waals surface area (Å²) < 4.78 is 0. The zero-order chi connectivity index (χ0) is 9.78. The highest BCUT2D eigenvalue weighted by atomic mass is 16.2. The summed E-state index contributed by atoms with van der Waals surface area (Å²) in [6, 6.07) is 0. The van der Waals surface area contributed by atoms with E-state index in [9.17, 15) is 9.59 Å². The zero-order valence-electron chi connectivity index (χ0n) is 6.75. The Hall–Kier alpha value is -1.26. The van der Waals surface area contributed by atoms with E-state index in [4.69, 9.17) is 11.5 Å². The molecular formula is C8H12N2O2. The molecule has 0 atom stereocenters. The van der Waals surface area contributed by atoms with E-state index in [1.54, 1.807) is 0 Å². The standard InChI is InChI=1S/C8H12N2O2/c1-3-6(11)8(10,5-9)7(12)4-2/h3-4H,1-2,5,9-10H2. The van der Waals surface area contributed by atoms with Crippen LogP contribution in [0.25, 0.3) is 0 Å². The molecule has 0 spiro atoms. The van der Waals surface area contributed by atoms with Gasteiger partial charge in [-0.1, -0.05) is 13.2 Å². The fraction of sp³-hybridized carbons (Fsp3) is 0.250. The average molecular weight is 168 g/mol. The molecule has 0 heterocycles. The lowest BCUT2D eigenvalue weighted by atomic mass is 9.90. The first-order chi connectivity index (χ1) is 5.52. The quantitative estimate of drug-likeness (QED) is 0.413. The second-order valence-electron chi connectivity index (χ2n) is 2.31. The highest BCUT2D eigenvalue weighted by Crippen LogP contribution is 2.03. The molecule has 0 fully saturated rings. The largest absolute Gasteiger partial charge is 0.328 e. The van der Waals surface area contributed by atoms with Crippen LogP contribution in [0.1, 0.15) is 0 Å². The van der Waals surface area contributed by atoms with E-state index in [0.29, 0.717) is 0 Å². The number of nitrogens with two attached hydrogens (primary N) is 2. The summed E-state index contributed by atoms with van der Waals surface area (Å²) in [7, 11) is 0. The Morgan fingerprint density at radius 2 is 1.58 bits per heavy atom. The first kappa shape index (κ1) is 10.7. The molecule has 0 aliphatic rings. The van der Waals surface area contributed by atoms with Gasteiger partial charge < -0.3 is 11.5 Å². The van der Waals surface area contributed by atoms with E-state index >= 15 is 0 Å². The smallest absolute Gasteiger partial charge is 0.184 e. The molecule has 4 N–H and O–H groups in total. The molecule has 0 aliphatic carbocycles. The van der Waals surface area contributed by atoms with E-state index in [2.05, 4.69) is 13.2 Å². The number of hydrogen-bond acceptors (Lipinski definition) is 4. The highest BCUT2D eigenvalue weighted by molar-refractivity contribution is 6.19. The molecular weight excluding hydrogens is 156 g/mol. The number of hydrogen-bond donors (Lipinski definition) is 2. The van der Waals surface area contributed by atoms with E-state index in [-0.39, 0.29) is 6.54 Å². The summed E-state index contributed by atoms with van der Waals surface area (Å²) in [5, 5.41) is 0. The minimum Gasteiger partial charge on any atom is -0.328 e. The van der Waals surface area contributed by atoms with Gasteiger partial charge in [-0.25, -0.2) is 0 Å². The Labute approximate surface area is 70.9 Å². The van der Waals surface area contributed by atoms with Gasteiger partial charge >= 0.3 is 0 Å². The van der Waals surface area contributed by atoms with Gasteiger partial charge in [0, 0.05) is 6.54 Å². The fourth-order valence-corrected chi connectivity index (χ4v) is 0.687. The van der Waals surface area contributed by atoms with Crippen LogP contribution < -0.4 is 11.5 Å². The molecule has 0 radical (unpaired) electrons. The normalized spacial score (nSPS) is 10.5. The van der Waals surface area contributed by atoms with Gasteiger partial charge in [-0.2, -0.15) is 0 Å². The summed E-state index contributed by atoms with van der Waals surface area (Å²) >= 11 is 0. The molecule has 0 rings (SSSR count). The van der Waals surface area contributed by atoms with Crippen LogP contribution in [0.2, 0.25) is 0 Å². The van der Waals surface area contributed by atoms with Crippen LogP contribution in [0.4, 0.5) is 0 Å². The summed E-state index contributed by atoms with van der Waals surface area (Å²) in [5.74, 6) is -1.18. The van der Waals surface area contributed by atoms with Gasteiger partial charge in [0.1, 0.15) is 0 Å². The Balaban J connectivity index is 4.90. The third-order valence-corrected chi connectivity index (χ3v) is 1.57. The number of carbonyl (C=O) groups excluding carboxylic acids is 2. The van der Waals surface area contributed by atoms with Crippen molar-refractivity contribution in [3.05, 3.63) is 25.3 Å². The third-order valence-electron chi connectivity index (χ3n) is 1.57. The third kappa shape index (κ3) is 1.66. The minimum atomic E-state index is -1.68. The predicted octanol–water partition coefficient (Wildman–Crippen LogP) is -0.847. The lowest BCUT2D eigenvalue weighted by molar-refractivity contribution is -0.128. The summed E-state index contributed by atoms with van der Waals surface area (Å²) in [4.78, 5) is 22.1. The van der Waals surface area contributed by atoms with E-state index < -0.39 is 17.1 Å². The molecule has 4 heteroatoms. The van der Waals surface area contributed by atoms with Gasteiger partial charge in [0.15, 0.2) is 17.1 Å². The van der Waals surface area contributed by atoms with Crippen LogP contribution in [-0.4, -0.2) is 23.7 Å². The lowest BCUT2D eigenvalue weighted by Gasteiger charge is -2.20. The van der Waals surface area contributed by atoms with Gasteiger partial charge in [0.05, 0.1) is 0 Å². The minimum absolute atomic E-state index is 0.247. The maximum atomic E-state index is 11.1. The predicted molar refractivity (Wildman–Crippen MR) is 46.4 cm³/mol. The molecule has 12 heavy (non-hydrogen) atoms. The zero-order valence-corrected chi connectivity index (χ0v) is 6.75. The van der Waals surface area contributed by atoms with Crippen LogP contribution in [0.15, 0.2) is 25.3 Å². The Morgan fingerprint density at radius 1 is 1.25 bits per heavy atom. The monoisotopic (exact) mass is 168 g/mol. The van der Waals surface area contributed by atoms with Crippen molar-refractivity contribution < 1.29 is 9.59 Å². The lowest BCUT2D eigenvalue weighted by Crippen LogP contribution is -2.58. The van der Waals surface area contributed by atoms with Gasteiger partial charge in [0.25, 0.3) is 0 Å². The van der Waals surface area contributed by atoms with Gasteiger partial charge in [-0.15, -0.1) is 0 Å². The van der Waals surface area contributed by atoms with E-state index in [1.807, 2.05) is 0 Å². The molecule has 0 aromatic carbocycles. The molecule has 0 unspecified atom stereocenters. The van der Waals surface area contributed by atoms with Crippen LogP contribution >= 0.6 is 0 Å². The van der Waals surface area contributed by atoms with Gasteiger partial charge in [0.2, 0.25) is 0 Å². The molecule has 0 saturated carbocycles. The topological polar surface area (TPSA) is 86.2 Å². The molecule has 66 valence electrons. The molecule has 4 nitrogen and oxygen atoms in total. The van der Waals surface area contributed by atoms with Crippen molar-refractivity contribution in [2.24, 2.45) is 11.5 Å². The van der Waals surface area contributed by atoms with Crippen LogP contribution in [0.3, 0.4) is 0 Å². The maximum absolute atomic E-state index is 11.1. The highest BCUT2D eigenvalue weighted by Gasteiger charge is 2.36. The SMILES string of the molecule is C=CC(=O)C(N)(CN)C(=O)C=C. The Kier molecular flexibility index (Phi) is 3.53. The van der Waals surface area contributed by atoms with Gasteiger partial charge in [-0.3, -0.25) is 9.59 Å². The van der Waals surface area contributed by atoms with Crippen molar-refractivity contribution in [3.8, 4) is 0 Å². The number of ketones is 2. The fourth-order valence-electron chi connectivity index (χ4n) is 0.687. The Bertz CT molecular complexity index is 213. The second kappa shape index (κ2) is 3.94. The maximum Gasteiger partial charge on any atom is 0.184 e. The molecule has 0 aromatic heterocycles. The van der Waals surface area contributed by atoms with Crippen molar-refractivity contribution in [2.45, 2.75) is 5.54 Å². The molecule has 0 amide bonds. The van der Waals surface area contributed by atoms with Crippen LogP contribution in [-0.2, 0) is 9.59 Å². The number of carbonyl (C=O) groups is 2. The number of rotatable bonds is 5.